The maximum absolute atomic E-state index is 13.2. The van der Waals surface area contributed by atoms with Gasteiger partial charge in [-0.1, -0.05) is 6.07 Å². The van der Waals surface area contributed by atoms with Crippen molar-refractivity contribution in [2.24, 2.45) is 5.92 Å². The summed E-state index contributed by atoms with van der Waals surface area (Å²) in [4.78, 5) is 14.5. The average Bonchev–Trinajstić information content (AvgIpc) is 2.46. The molecule has 0 bridgehead atoms. The second-order valence-electron chi connectivity index (χ2n) is 6.00. The second kappa shape index (κ2) is 6.75. The summed E-state index contributed by atoms with van der Waals surface area (Å²) in [5.41, 5.74) is 2.14. The van der Waals surface area contributed by atoms with Gasteiger partial charge in [-0.3, -0.25) is 4.79 Å². The summed E-state index contributed by atoms with van der Waals surface area (Å²) < 4.78 is 13.2. The minimum Gasteiger partial charge on any atom is -0.338 e. The van der Waals surface area contributed by atoms with Crippen molar-refractivity contribution in [2.75, 3.05) is 13.1 Å². The fraction of sp³-hybridized carbons (Fsp3) is 0.562. The summed E-state index contributed by atoms with van der Waals surface area (Å²) >= 11 is 0. The number of rotatable bonds is 1. The number of fused-ring (bicyclic) bond motifs is 1. The predicted octanol–water partition coefficient (Wildman–Crippen LogP) is 2.52. The van der Waals surface area contributed by atoms with Crippen LogP contribution in [0.3, 0.4) is 0 Å². The van der Waals surface area contributed by atoms with E-state index in [0.717, 1.165) is 36.9 Å². The number of hydrogen-bond donors (Lipinski definition) is 1. The number of hydrogen-bond acceptors (Lipinski definition) is 2. The van der Waals surface area contributed by atoms with E-state index in [0.29, 0.717) is 19.1 Å². The van der Waals surface area contributed by atoms with Gasteiger partial charge in [0.25, 0.3) is 0 Å². The topological polar surface area (TPSA) is 32.3 Å². The smallest absolute Gasteiger partial charge is 0.226 e. The lowest BCUT2D eigenvalue weighted by Crippen LogP contribution is -2.45. The summed E-state index contributed by atoms with van der Waals surface area (Å²) in [5, 5.41) is 3.38. The summed E-state index contributed by atoms with van der Waals surface area (Å²) in [6.07, 6.45) is 2.61. The van der Waals surface area contributed by atoms with Crippen molar-refractivity contribution in [2.45, 2.75) is 38.8 Å². The standard InChI is InChI=1S/C16H21FN2O.ClH/c1-11-8-13(4-6-18-11)16(20)19-7-5-12-9-15(17)3-2-14(12)10-19;/h2-3,9,11,13,18H,4-8,10H2,1H3;1H/t11-,13-;/m0./s1. The maximum Gasteiger partial charge on any atom is 0.226 e. The number of amides is 1. The third-order valence-corrected chi connectivity index (χ3v) is 4.47. The molecule has 5 heteroatoms. The number of benzene rings is 1. The first kappa shape index (κ1) is 16.2. The Kier molecular flexibility index (Phi) is 5.22. The lowest BCUT2D eigenvalue weighted by molar-refractivity contribution is -0.137. The third-order valence-electron chi connectivity index (χ3n) is 4.47. The van der Waals surface area contributed by atoms with E-state index >= 15 is 0 Å². The Morgan fingerprint density at radius 1 is 1.38 bits per heavy atom. The van der Waals surface area contributed by atoms with Crippen LogP contribution >= 0.6 is 12.4 Å². The summed E-state index contributed by atoms with van der Waals surface area (Å²) in [6, 6.07) is 5.32. The molecule has 0 unspecified atom stereocenters. The van der Waals surface area contributed by atoms with Crippen LogP contribution in [0.15, 0.2) is 18.2 Å². The minimum absolute atomic E-state index is 0. The maximum atomic E-state index is 13.2. The molecule has 1 aromatic carbocycles. The highest BCUT2D eigenvalue weighted by Gasteiger charge is 2.30. The van der Waals surface area contributed by atoms with Gasteiger partial charge in [-0.25, -0.2) is 4.39 Å². The van der Waals surface area contributed by atoms with Crippen LogP contribution in [-0.2, 0) is 17.8 Å². The molecule has 2 aliphatic rings. The molecule has 0 radical (unpaired) electrons. The largest absolute Gasteiger partial charge is 0.338 e. The van der Waals surface area contributed by atoms with Crippen molar-refractivity contribution >= 4 is 18.3 Å². The molecule has 1 saturated heterocycles. The number of piperidine rings is 1. The zero-order chi connectivity index (χ0) is 14.1. The summed E-state index contributed by atoms with van der Waals surface area (Å²) in [6.45, 7) is 4.40. The Morgan fingerprint density at radius 2 is 2.19 bits per heavy atom. The molecule has 1 fully saturated rings. The Morgan fingerprint density at radius 3 is 2.95 bits per heavy atom. The Labute approximate surface area is 131 Å². The molecule has 2 aliphatic heterocycles. The fourth-order valence-electron chi connectivity index (χ4n) is 3.32. The van der Waals surface area contributed by atoms with Gasteiger partial charge < -0.3 is 10.2 Å². The van der Waals surface area contributed by atoms with E-state index in [-0.39, 0.29) is 30.0 Å². The van der Waals surface area contributed by atoms with Crippen LogP contribution in [0.4, 0.5) is 4.39 Å². The lowest BCUT2D eigenvalue weighted by atomic mass is 9.90. The number of carbonyl (C=O) groups is 1. The van der Waals surface area contributed by atoms with Gasteiger partial charge in [0, 0.05) is 25.0 Å². The Hall–Kier alpha value is -1.13. The van der Waals surface area contributed by atoms with Crippen LogP contribution in [0.25, 0.3) is 0 Å². The zero-order valence-electron chi connectivity index (χ0n) is 12.3. The second-order valence-corrected chi connectivity index (χ2v) is 6.00. The molecular weight excluding hydrogens is 291 g/mol. The molecule has 2 heterocycles. The van der Waals surface area contributed by atoms with Crippen LogP contribution in [0.2, 0.25) is 0 Å². The molecule has 0 saturated carbocycles. The van der Waals surface area contributed by atoms with E-state index in [2.05, 4.69) is 12.2 Å². The van der Waals surface area contributed by atoms with Gasteiger partial charge in [-0.2, -0.15) is 0 Å². The molecule has 0 aliphatic carbocycles. The molecule has 3 nitrogen and oxygen atoms in total. The monoisotopic (exact) mass is 312 g/mol. The van der Waals surface area contributed by atoms with Crippen molar-refractivity contribution in [3.63, 3.8) is 0 Å². The molecule has 2 atom stereocenters. The highest BCUT2D eigenvalue weighted by atomic mass is 35.5. The van der Waals surface area contributed by atoms with E-state index in [1.807, 2.05) is 11.0 Å². The first-order valence-electron chi connectivity index (χ1n) is 7.43. The average molecular weight is 313 g/mol. The summed E-state index contributed by atoms with van der Waals surface area (Å²) in [5.74, 6) is 0.234. The Balaban J connectivity index is 0.00000161. The highest BCUT2D eigenvalue weighted by Crippen LogP contribution is 2.24. The van der Waals surface area contributed by atoms with Crippen LogP contribution in [0.1, 0.15) is 30.9 Å². The van der Waals surface area contributed by atoms with E-state index in [1.165, 1.54) is 6.07 Å². The van der Waals surface area contributed by atoms with Gasteiger partial charge in [0.15, 0.2) is 0 Å². The van der Waals surface area contributed by atoms with Crippen LogP contribution in [0, 0.1) is 11.7 Å². The van der Waals surface area contributed by atoms with Crippen molar-refractivity contribution in [1.29, 1.82) is 0 Å². The number of halogens is 2. The van der Waals surface area contributed by atoms with Crippen molar-refractivity contribution in [1.82, 2.24) is 10.2 Å². The first-order valence-corrected chi connectivity index (χ1v) is 7.43. The van der Waals surface area contributed by atoms with Gasteiger partial charge in [0.05, 0.1) is 0 Å². The van der Waals surface area contributed by atoms with Gasteiger partial charge >= 0.3 is 0 Å². The highest BCUT2D eigenvalue weighted by molar-refractivity contribution is 5.85. The van der Waals surface area contributed by atoms with E-state index in [4.69, 9.17) is 0 Å². The molecule has 1 aromatic rings. The molecule has 1 N–H and O–H groups in total. The summed E-state index contributed by atoms with van der Waals surface area (Å²) in [7, 11) is 0. The first-order chi connectivity index (χ1) is 9.63. The number of carbonyl (C=O) groups excluding carboxylic acids is 1. The molecular formula is C16H22ClFN2O. The lowest BCUT2D eigenvalue weighted by Gasteiger charge is -2.34. The fourth-order valence-corrected chi connectivity index (χ4v) is 3.32. The quantitative estimate of drug-likeness (QED) is 0.864. The Bertz CT molecular complexity index is 523. The van der Waals surface area contributed by atoms with Crippen LogP contribution in [-0.4, -0.2) is 29.9 Å². The molecule has 0 aromatic heterocycles. The van der Waals surface area contributed by atoms with Gasteiger partial charge in [0.1, 0.15) is 5.82 Å². The van der Waals surface area contributed by atoms with Gasteiger partial charge in [-0.15, -0.1) is 12.4 Å². The van der Waals surface area contributed by atoms with E-state index < -0.39 is 0 Å². The number of nitrogens with zero attached hydrogens (tertiary/aromatic N) is 1. The van der Waals surface area contributed by atoms with Crippen LogP contribution < -0.4 is 5.32 Å². The molecule has 0 spiro atoms. The van der Waals surface area contributed by atoms with E-state index in [1.54, 1.807) is 6.07 Å². The van der Waals surface area contributed by atoms with Crippen LogP contribution in [0.5, 0.6) is 0 Å². The van der Waals surface area contributed by atoms with Crippen molar-refractivity contribution in [3.8, 4) is 0 Å². The number of nitrogens with one attached hydrogen (secondary N) is 1. The normalized spacial score (nSPS) is 25.0. The van der Waals surface area contributed by atoms with E-state index in [9.17, 15) is 9.18 Å². The third kappa shape index (κ3) is 3.55. The SMILES string of the molecule is C[C@H]1C[C@@H](C(=O)N2CCc3cc(F)ccc3C2)CCN1.Cl. The molecule has 116 valence electrons. The minimum atomic E-state index is -0.185. The van der Waals surface area contributed by atoms with Crippen molar-refractivity contribution < 1.29 is 9.18 Å². The van der Waals surface area contributed by atoms with Gasteiger partial charge in [-0.05, 0) is 56.0 Å². The van der Waals surface area contributed by atoms with Crippen molar-refractivity contribution in [3.05, 3.63) is 35.1 Å². The predicted molar refractivity (Wildman–Crippen MR) is 83.0 cm³/mol. The molecule has 21 heavy (non-hydrogen) atoms. The molecule has 1 amide bonds. The van der Waals surface area contributed by atoms with Gasteiger partial charge in [0.2, 0.25) is 5.91 Å². The molecule has 3 rings (SSSR count). The zero-order valence-corrected chi connectivity index (χ0v) is 13.1.